The Hall–Kier alpha value is -1.49. The van der Waals surface area contributed by atoms with Gasteiger partial charge in [0.1, 0.15) is 11.6 Å². The summed E-state index contributed by atoms with van der Waals surface area (Å²) in [6.07, 6.45) is -0.568. The van der Waals surface area contributed by atoms with Crippen molar-refractivity contribution in [1.82, 2.24) is 4.98 Å². The van der Waals surface area contributed by atoms with Crippen LogP contribution in [0.1, 0.15) is 6.92 Å². The number of halogens is 1. The number of carbonyl (C=O) groups is 1. The number of amides is 1. The zero-order valence-corrected chi connectivity index (χ0v) is 8.34. The molecule has 0 bridgehead atoms. The van der Waals surface area contributed by atoms with Crippen molar-refractivity contribution in [3.8, 4) is 0 Å². The molecule has 0 aromatic carbocycles. The number of hydrogen-bond donors (Lipinski definition) is 2. The van der Waals surface area contributed by atoms with Crippen molar-refractivity contribution in [2.45, 2.75) is 6.92 Å². The van der Waals surface area contributed by atoms with Crippen LogP contribution in [0.2, 0.25) is 5.02 Å². The SMILES string of the molecule is CCOC(=O)Nc1ccc(Cl)c(N)n1. The van der Waals surface area contributed by atoms with Gasteiger partial charge in [0.25, 0.3) is 0 Å². The lowest BCUT2D eigenvalue weighted by molar-refractivity contribution is 0.168. The van der Waals surface area contributed by atoms with Crippen LogP contribution in [0.3, 0.4) is 0 Å². The summed E-state index contributed by atoms with van der Waals surface area (Å²) in [5.74, 6) is 0.478. The average molecular weight is 216 g/mol. The number of hydrogen-bond acceptors (Lipinski definition) is 4. The van der Waals surface area contributed by atoms with Gasteiger partial charge in [-0.1, -0.05) is 11.6 Å². The lowest BCUT2D eigenvalue weighted by Gasteiger charge is -2.05. The largest absolute Gasteiger partial charge is 0.450 e. The number of nitrogens with one attached hydrogen (secondary N) is 1. The Bertz CT molecular complexity index is 343. The molecule has 3 N–H and O–H groups in total. The third-order valence-corrected chi connectivity index (χ3v) is 1.70. The van der Waals surface area contributed by atoms with Crippen molar-refractivity contribution in [1.29, 1.82) is 0 Å². The van der Waals surface area contributed by atoms with E-state index in [0.717, 1.165) is 0 Å². The van der Waals surface area contributed by atoms with E-state index in [9.17, 15) is 4.79 Å². The van der Waals surface area contributed by atoms with Crippen LogP contribution in [0.25, 0.3) is 0 Å². The molecule has 0 unspecified atom stereocenters. The highest BCUT2D eigenvalue weighted by atomic mass is 35.5. The molecule has 1 aromatic rings. The van der Waals surface area contributed by atoms with Gasteiger partial charge >= 0.3 is 6.09 Å². The number of aromatic nitrogens is 1. The molecular weight excluding hydrogens is 206 g/mol. The predicted molar refractivity (Wildman–Crippen MR) is 54.3 cm³/mol. The third kappa shape index (κ3) is 2.77. The molecule has 0 saturated heterocycles. The van der Waals surface area contributed by atoms with E-state index >= 15 is 0 Å². The number of rotatable bonds is 2. The molecule has 76 valence electrons. The summed E-state index contributed by atoms with van der Waals surface area (Å²) >= 11 is 5.65. The normalized spacial score (nSPS) is 9.57. The smallest absolute Gasteiger partial charge is 0.412 e. The minimum Gasteiger partial charge on any atom is -0.450 e. The molecule has 0 atom stereocenters. The molecule has 1 heterocycles. The Morgan fingerprint density at radius 1 is 1.71 bits per heavy atom. The quantitative estimate of drug-likeness (QED) is 0.790. The third-order valence-electron chi connectivity index (χ3n) is 1.38. The Morgan fingerprint density at radius 3 is 3.00 bits per heavy atom. The first-order valence-corrected chi connectivity index (χ1v) is 4.37. The van der Waals surface area contributed by atoms with Crippen molar-refractivity contribution in [2.24, 2.45) is 0 Å². The number of nitrogen functional groups attached to an aromatic ring is 1. The van der Waals surface area contributed by atoms with Crippen LogP contribution in [0.15, 0.2) is 12.1 Å². The van der Waals surface area contributed by atoms with Crippen LogP contribution in [-0.4, -0.2) is 17.7 Å². The van der Waals surface area contributed by atoms with Crippen LogP contribution in [0.5, 0.6) is 0 Å². The second-order valence-corrected chi connectivity index (χ2v) is 2.82. The van der Waals surface area contributed by atoms with Gasteiger partial charge in [0, 0.05) is 0 Å². The van der Waals surface area contributed by atoms with Gasteiger partial charge < -0.3 is 10.5 Å². The number of carbonyl (C=O) groups excluding carboxylic acids is 1. The molecule has 0 aliphatic heterocycles. The summed E-state index contributed by atoms with van der Waals surface area (Å²) in [4.78, 5) is 14.8. The van der Waals surface area contributed by atoms with E-state index in [1.807, 2.05) is 0 Å². The summed E-state index contributed by atoms with van der Waals surface area (Å²) in [5, 5.41) is 2.75. The first kappa shape index (κ1) is 10.6. The molecule has 1 amide bonds. The molecule has 0 spiro atoms. The Kier molecular flexibility index (Phi) is 3.53. The lowest BCUT2D eigenvalue weighted by atomic mass is 10.4. The first-order valence-electron chi connectivity index (χ1n) is 3.99. The fraction of sp³-hybridized carbons (Fsp3) is 0.250. The van der Waals surface area contributed by atoms with Crippen molar-refractivity contribution in [3.05, 3.63) is 17.2 Å². The number of nitrogens with two attached hydrogens (primary N) is 1. The summed E-state index contributed by atoms with van der Waals surface area (Å²) in [6.45, 7) is 2.01. The van der Waals surface area contributed by atoms with Crippen molar-refractivity contribution in [2.75, 3.05) is 17.7 Å². The van der Waals surface area contributed by atoms with Gasteiger partial charge in [-0.05, 0) is 19.1 Å². The van der Waals surface area contributed by atoms with E-state index in [-0.39, 0.29) is 5.82 Å². The molecule has 14 heavy (non-hydrogen) atoms. The van der Waals surface area contributed by atoms with Crippen LogP contribution < -0.4 is 11.1 Å². The number of ether oxygens (including phenoxy) is 1. The monoisotopic (exact) mass is 215 g/mol. The van der Waals surface area contributed by atoms with Crippen LogP contribution in [-0.2, 0) is 4.74 Å². The second-order valence-electron chi connectivity index (χ2n) is 2.41. The molecule has 0 fully saturated rings. The van der Waals surface area contributed by atoms with Gasteiger partial charge in [-0.3, -0.25) is 5.32 Å². The van der Waals surface area contributed by atoms with Crippen molar-refractivity contribution >= 4 is 29.3 Å². The number of anilines is 2. The lowest BCUT2D eigenvalue weighted by Crippen LogP contribution is -2.14. The minimum atomic E-state index is -0.568. The van der Waals surface area contributed by atoms with Crippen LogP contribution in [0, 0.1) is 0 Å². The average Bonchev–Trinajstić information content (AvgIpc) is 2.12. The minimum absolute atomic E-state index is 0.168. The highest BCUT2D eigenvalue weighted by Crippen LogP contribution is 2.17. The zero-order valence-electron chi connectivity index (χ0n) is 7.58. The maximum absolute atomic E-state index is 11.0. The summed E-state index contributed by atoms with van der Waals surface area (Å²) < 4.78 is 4.65. The molecule has 0 aliphatic carbocycles. The second kappa shape index (κ2) is 4.66. The van der Waals surface area contributed by atoms with E-state index in [0.29, 0.717) is 17.4 Å². The maximum Gasteiger partial charge on any atom is 0.412 e. The highest BCUT2D eigenvalue weighted by Gasteiger charge is 2.04. The van der Waals surface area contributed by atoms with Gasteiger partial charge in [-0.2, -0.15) is 0 Å². The molecule has 1 rings (SSSR count). The number of pyridine rings is 1. The first-order chi connectivity index (χ1) is 6.63. The molecule has 0 saturated carbocycles. The van der Waals surface area contributed by atoms with Gasteiger partial charge in [0.15, 0.2) is 0 Å². The van der Waals surface area contributed by atoms with Gasteiger partial charge in [0.2, 0.25) is 0 Å². The fourth-order valence-corrected chi connectivity index (χ4v) is 0.905. The molecule has 0 aliphatic rings. The molecule has 1 aromatic heterocycles. The molecule has 6 heteroatoms. The molecule has 0 radical (unpaired) electrons. The van der Waals surface area contributed by atoms with E-state index in [1.54, 1.807) is 13.0 Å². The van der Waals surface area contributed by atoms with Gasteiger partial charge in [0.05, 0.1) is 11.6 Å². The van der Waals surface area contributed by atoms with Crippen LogP contribution in [0.4, 0.5) is 16.4 Å². The molecular formula is C8H10ClN3O2. The summed E-state index contributed by atoms with van der Waals surface area (Å²) in [6, 6.07) is 3.08. The fourth-order valence-electron chi connectivity index (χ4n) is 0.799. The van der Waals surface area contributed by atoms with E-state index in [4.69, 9.17) is 17.3 Å². The predicted octanol–water partition coefficient (Wildman–Crippen LogP) is 1.89. The Balaban J connectivity index is 2.68. The van der Waals surface area contributed by atoms with Crippen LogP contribution >= 0.6 is 11.6 Å². The number of nitrogens with zero attached hydrogens (tertiary/aromatic N) is 1. The Morgan fingerprint density at radius 2 is 2.43 bits per heavy atom. The summed E-state index contributed by atoms with van der Waals surface area (Å²) in [5.41, 5.74) is 5.44. The van der Waals surface area contributed by atoms with Gasteiger partial charge in [-0.25, -0.2) is 9.78 Å². The van der Waals surface area contributed by atoms with E-state index in [1.165, 1.54) is 6.07 Å². The topological polar surface area (TPSA) is 77.2 Å². The molecule has 5 nitrogen and oxygen atoms in total. The van der Waals surface area contributed by atoms with E-state index < -0.39 is 6.09 Å². The van der Waals surface area contributed by atoms with Gasteiger partial charge in [-0.15, -0.1) is 0 Å². The van der Waals surface area contributed by atoms with E-state index in [2.05, 4.69) is 15.0 Å². The highest BCUT2D eigenvalue weighted by molar-refractivity contribution is 6.32. The Labute approximate surface area is 86.2 Å². The summed E-state index contributed by atoms with van der Waals surface area (Å²) in [7, 11) is 0. The maximum atomic E-state index is 11.0. The zero-order chi connectivity index (χ0) is 10.6. The van der Waals surface area contributed by atoms with Crippen molar-refractivity contribution in [3.63, 3.8) is 0 Å². The van der Waals surface area contributed by atoms with Crippen molar-refractivity contribution < 1.29 is 9.53 Å². The standard InChI is InChI=1S/C8H10ClN3O2/c1-2-14-8(13)12-6-4-3-5(9)7(10)11-6/h3-4H,2H2,1H3,(H3,10,11,12,13).